The van der Waals surface area contributed by atoms with Crippen LogP contribution in [0.4, 0.5) is 14.9 Å². The Morgan fingerprint density at radius 3 is 2.46 bits per heavy atom. The summed E-state index contributed by atoms with van der Waals surface area (Å²) in [5.41, 5.74) is 0.888. The van der Waals surface area contributed by atoms with E-state index in [1.807, 2.05) is 0 Å². The Bertz CT molecular complexity index is 980. The lowest BCUT2D eigenvalue weighted by molar-refractivity contribution is -0.120. The predicted octanol–water partition coefficient (Wildman–Crippen LogP) is 1.99. The van der Waals surface area contributed by atoms with Crippen LogP contribution in [-0.2, 0) is 11.3 Å². The number of hydrogen-bond donors (Lipinski definition) is 2. The normalized spacial score (nSPS) is 10.3. The van der Waals surface area contributed by atoms with Crippen molar-refractivity contribution < 1.29 is 18.4 Å². The highest BCUT2D eigenvalue weighted by Crippen LogP contribution is 2.15. The van der Waals surface area contributed by atoms with Crippen molar-refractivity contribution in [3.05, 3.63) is 71.0 Å². The second-order valence-corrected chi connectivity index (χ2v) is 5.21. The zero-order valence-electron chi connectivity index (χ0n) is 13.3. The zero-order chi connectivity index (χ0) is 18.5. The van der Waals surface area contributed by atoms with Crippen molar-refractivity contribution in [1.29, 1.82) is 0 Å². The summed E-state index contributed by atoms with van der Waals surface area (Å²) < 4.78 is 18.6. The number of amides is 3. The van der Waals surface area contributed by atoms with Crippen molar-refractivity contribution in [3.63, 3.8) is 0 Å². The van der Waals surface area contributed by atoms with Crippen molar-refractivity contribution in [2.24, 2.45) is 0 Å². The van der Waals surface area contributed by atoms with Gasteiger partial charge < -0.3 is 9.73 Å². The number of imide groups is 1. The summed E-state index contributed by atoms with van der Waals surface area (Å²) in [5, 5.41) is 8.42. The van der Waals surface area contributed by atoms with E-state index < -0.39 is 30.1 Å². The highest BCUT2D eigenvalue weighted by molar-refractivity contribution is 6.01. The van der Waals surface area contributed by atoms with Gasteiger partial charge in [-0.05, 0) is 36.4 Å². The van der Waals surface area contributed by atoms with E-state index in [0.717, 1.165) is 4.68 Å². The van der Waals surface area contributed by atoms with E-state index in [1.54, 1.807) is 30.3 Å². The van der Waals surface area contributed by atoms with Gasteiger partial charge >= 0.3 is 11.8 Å². The maximum Gasteiger partial charge on any atom is 0.437 e. The molecule has 0 radical (unpaired) electrons. The van der Waals surface area contributed by atoms with E-state index >= 15 is 0 Å². The number of aromatic nitrogens is 2. The molecule has 9 heteroatoms. The number of nitrogens with zero attached hydrogens (tertiary/aromatic N) is 2. The molecule has 2 aromatic carbocycles. The Hall–Kier alpha value is -3.75. The molecule has 26 heavy (non-hydrogen) atoms. The minimum atomic E-state index is -0.872. The molecule has 0 aliphatic heterocycles. The molecule has 8 nitrogen and oxygen atoms in total. The van der Waals surface area contributed by atoms with Gasteiger partial charge in [0.15, 0.2) is 0 Å². The SMILES string of the molecule is O=C(Cn1nc(-c2ccc(F)cc2)oc1=O)NC(=O)Nc1ccccc1. The van der Waals surface area contributed by atoms with Gasteiger partial charge in [0.1, 0.15) is 12.4 Å². The van der Waals surface area contributed by atoms with Crippen LogP contribution in [0.3, 0.4) is 0 Å². The van der Waals surface area contributed by atoms with E-state index in [1.165, 1.54) is 24.3 Å². The number of anilines is 1. The Labute approximate surface area is 146 Å². The third-order valence-corrected chi connectivity index (χ3v) is 3.28. The number of rotatable bonds is 4. The van der Waals surface area contributed by atoms with Crippen LogP contribution >= 0.6 is 0 Å². The van der Waals surface area contributed by atoms with Crippen molar-refractivity contribution in [2.75, 3.05) is 5.32 Å². The first-order valence-corrected chi connectivity index (χ1v) is 7.51. The molecule has 3 rings (SSSR count). The average molecular weight is 356 g/mol. The van der Waals surface area contributed by atoms with E-state index in [9.17, 15) is 18.8 Å². The van der Waals surface area contributed by atoms with Gasteiger partial charge in [-0.15, -0.1) is 5.10 Å². The molecule has 132 valence electrons. The fourth-order valence-corrected chi connectivity index (χ4v) is 2.10. The Morgan fingerprint density at radius 1 is 1.08 bits per heavy atom. The van der Waals surface area contributed by atoms with Crippen molar-refractivity contribution in [2.45, 2.75) is 6.54 Å². The Kier molecular flexibility index (Phi) is 4.88. The van der Waals surface area contributed by atoms with Gasteiger partial charge in [0.05, 0.1) is 0 Å². The molecule has 1 aromatic heterocycles. The maximum absolute atomic E-state index is 12.9. The smallest absolute Gasteiger partial charge is 0.388 e. The molecule has 0 unspecified atom stereocenters. The minimum absolute atomic E-state index is 0.0588. The predicted molar refractivity (Wildman–Crippen MR) is 89.8 cm³/mol. The van der Waals surface area contributed by atoms with E-state index in [2.05, 4.69) is 15.7 Å². The zero-order valence-corrected chi connectivity index (χ0v) is 13.3. The molecule has 0 aliphatic carbocycles. The summed E-state index contributed by atoms with van der Waals surface area (Å²) >= 11 is 0. The number of hydrogen-bond acceptors (Lipinski definition) is 5. The molecule has 0 fully saturated rings. The lowest BCUT2D eigenvalue weighted by Crippen LogP contribution is -2.38. The number of halogens is 1. The fourth-order valence-electron chi connectivity index (χ4n) is 2.10. The molecule has 0 atom stereocenters. The molecule has 0 saturated carbocycles. The minimum Gasteiger partial charge on any atom is -0.388 e. The second-order valence-electron chi connectivity index (χ2n) is 5.21. The summed E-state index contributed by atoms with van der Waals surface area (Å²) in [7, 11) is 0. The lowest BCUT2D eigenvalue weighted by atomic mass is 10.2. The van der Waals surface area contributed by atoms with E-state index in [-0.39, 0.29) is 5.89 Å². The Balaban J connectivity index is 1.63. The molecule has 3 amide bonds. The number of benzene rings is 2. The van der Waals surface area contributed by atoms with Crippen molar-refractivity contribution >= 4 is 17.6 Å². The van der Waals surface area contributed by atoms with E-state index in [4.69, 9.17) is 4.42 Å². The lowest BCUT2D eigenvalue weighted by Gasteiger charge is -2.05. The van der Waals surface area contributed by atoms with Crippen LogP contribution in [0.2, 0.25) is 0 Å². The molecular weight excluding hydrogens is 343 g/mol. The van der Waals surface area contributed by atoms with Crippen LogP contribution in [0.15, 0.2) is 63.8 Å². The molecule has 2 N–H and O–H groups in total. The number of urea groups is 1. The molecule has 1 heterocycles. The van der Waals surface area contributed by atoms with Crippen LogP contribution in [0.5, 0.6) is 0 Å². The molecule has 3 aromatic rings. The van der Waals surface area contributed by atoms with Crippen LogP contribution in [0.25, 0.3) is 11.5 Å². The quantitative estimate of drug-likeness (QED) is 0.744. The fraction of sp³-hybridized carbons (Fsp3) is 0.0588. The first-order chi connectivity index (χ1) is 12.5. The first kappa shape index (κ1) is 17.1. The van der Waals surface area contributed by atoms with Gasteiger partial charge in [-0.1, -0.05) is 18.2 Å². The van der Waals surface area contributed by atoms with Crippen LogP contribution in [0, 0.1) is 5.82 Å². The van der Waals surface area contributed by atoms with Gasteiger partial charge in [0, 0.05) is 11.3 Å². The number of nitrogens with one attached hydrogen (secondary N) is 2. The van der Waals surface area contributed by atoms with Crippen molar-refractivity contribution in [3.8, 4) is 11.5 Å². The summed E-state index contributed by atoms with van der Waals surface area (Å²) in [5.74, 6) is -2.13. The summed E-state index contributed by atoms with van der Waals surface area (Å²) in [6, 6.07) is 13.0. The van der Waals surface area contributed by atoms with Gasteiger partial charge in [0.25, 0.3) is 0 Å². The number of carbonyl (C=O) groups excluding carboxylic acids is 2. The van der Waals surface area contributed by atoms with Gasteiger partial charge in [-0.25, -0.2) is 14.0 Å². The average Bonchev–Trinajstić information content (AvgIpc) is 2.96. The van der Waals surface area contributed by atoms with Crippen molar-refractivity contribution in [1.82, 2.24) is 15.1 Å². The molecule has 0 bridgehead atoms. The summed E-state index contributed by atoms with van der Waals surface area (Å²) in [6.07, 6.45) is 0. The number of carbonyl (C=O) groups is 2. The van der Waals surface area contributed by atoms with E-state index in [0.29, 0.717) is 11.3 Å². The van der Waals surface area contributed by atoms with Gasteiger partial charge in [-0.2, -0.15) is 4.68 Å². The largest absolute Gasteiger partial charge is 0.437 e. The van der Waals surface area contributed by atoms with Gasteiger partial charge in [-0.3, -0.25) is 10.1 Å². The third kappa shape index (κ3) is 4.20. The van der Waals surface area contributed by atoms with Crippen LogP contribution < -0.4 is 16.4 Å². The molecule has 0 aliphatic rings. The summed E-state index contributed by atoms with van der Waals surface area (Å²) in [6.45, 7) is -0.508. The van der Waals surface area contributed by atoms with Crippen LogP contribution in [0.1, 0.15) is 0 Å². The third-order valence-electron chi connectivity index (χ3n) is 3.28. The van der Waals surface area contributed by atoms with Gasteiger partial charge in [0.2, 0.25) is 11.8 Å². The molecule has 0 spiro atoms. The Morgan fingerprint density at radius 2 is 1.77 bits per heavy atom. The summed E-state index contributed by atoms with van der Waals surface area (Å²) in [4.78, 5) is 35.4. The maximum atomic E-state index is 12.9. The standard InChI is InChI=1S/C17H13FN4O4/c18-12-8-6-11(7-9-12)15-21-22(17(25)26-15)10-14(23)20-16(24)19-13-4-2-1-3-5-13/h1-9H,10H2,(H2,19,20,23,24). The topological polar surface area (TPSA) is 106 Å². The molecular formula is C17H13FN4O4. The van der Waals surface area contributed by atoms with Crippen LogP contribution in [-0.4, -0.2) is 21.7 Å². The first-order valence-electron chi connectivity index (χ1n) is 7.51. The monoisotopic (exact) mass is 356 g/mol. The highest BCUT2D eigenvalue weighted by atomic mass is 19.1. The highest BCUT2D eigenvalue weighted by Gasteiger charge is 2.15. The second kappa shape index (κ2) is 7.43. The number of para-hydroxylation sites is 1. The molecule has 0 saturated heterocycles.